The molecule has 0 amide bonds. The van der Waals surface area contributed by atoms with Crippen molar-refractivity contribution in [2.24, 2.45) is 0 Å². The number of nitrogens with zero attached hydrogens (tertiary/aromatic N) is 2. The van der Waals surface area contributed by atoms with Crippen molar-refractivity contribution < 1.29 is 27.4 Å². The topological polar surface area (TPSA) is 73.3 Å². The van der Waals surface area contributed by atoms with Gasteiger partial charge in [-0.3, -0.25) is 4.79 Å². The van der Waals surface area contributed by atoms with E-state index in [0.717, 1.165) is 5.56 Å². The second-order valence-electron chi connectivity index (χ2n) is 5.90. The van der Waals surface area contributed by atoms with E-state index in [4.69, 9.17) is 16.3 Å². The van der Waals surface area contributed by atoms with Gasteiger partial charge < -0.3 is 14.8 Å². The van der Waals surface area contributed by atoms with Crippen molar-refractivity contribution >= 4 is 23.4 Å². The molecule has 0 bridgehead atoms. The molecule has 1 N–H and O–H groups in total. The number of aromatic nitrogens is 2. The van der Waals surface area contributed by atoms with E-state index in [1.54, 1.807) is 19.1 Å². The van der Waals surface area contributed by atoms with Crippen molar-refractivity contribution in [1.29, 1.82) is 0 Å². The van der Waals surface area contributed by atoms with Crippen LogP contribution >= 0.6 is 11.6 Å². The van der Waals surface area contributed by atoms with Gasteiger partial charge in [0.2, 0.25) is 0 Å². The van der Waals surface area contributed by atoms with Gasteiger partial charge in [-0.1, -0.05) is 23.7 Å². The molecule has 10 heteroatoms. The monoisotopic (exact) mass is 417 g/mol. The summed E-state index contributed by atoms with van der Waals surface area (Å²) in [5.74, 6) is 0.104. The second kappa shape index (κ2) is 9.59. The average molecular weight is 418 g/mol. The first-order valence-corrected chi connectivity index (χ1v) is 8.73. The van der Waals surface area contributed by atoms with E-state index < -0.39 is 24.9 Å². The van der Waals surface area contributed by atoms with Crippen LogP contribution < -0.4 is 10.1 Å². The van der Waals surface area contributed by atoms with Crippen molar-refractivity contribution in [3.05, 3.63) is 46.9 Å². The summed E-state index contributed by atoms with van der Waals surface area (Å²) in [5.41, 5.74) is 1.28. The van der Waals surface area contributed by atoms with Crippen LogP contribution in [0.1, 0.15) is 31.2 Å². The molecule has 0 fully saturated rings. The molecular formula is C18H19ClF3N3O3. The predicted molar refractivity (Wildman–Crippen MR) is 97.4 cm³/mol. The van der Waals surface area contributed by atoms with E-state index in [9.17, 15) is 18.0 Å². The largest absolute Gasteiger partial charge is 0.484 e. The Morgan fingerprint density at radius 1 is 1.25 bits per heavy atom. The molecule has 1 aromatic carbocycles. The molecule has 0 saturated heterocycles. The highest BCUT2D eigenvalue weighted by atomic mass is 35.5. The van der Waals surface area contributed by atoms with Crippen LogP contribution in [0.2, 0.25) is 5.02 Å². The predicted octanol–water partition coefficient (Wildman–Crippen LogP) is 4.35. The molecule has 1 aromatic heterocycles. The number of nitrogens with one attached hydrogen (secondary N) is 1. The summed E-state index contributed by atoms with van der Waals surface area (Å²) in [6.07, 6.45) is -3.09. The van der Waals surface area contributed by atoms with E-state index in [-0.39, 0.29) is 10.8 Å². The van der Waals surface area contributed by atoms with Crippen LogP contribution in [-0.4, -0.2) is 35.3 Å². The molecular weight excluding hydrogens is 399 g/mol. The Kier molecular flexibility index (Phi) is 7.45. The first-order valence-electron chi connectivity index (χ1n) is 8.35. The van der Waals surface area contributed by atoms with Gasteiger partial charge in [0.1, 0.15) is 34.7 Å². The number of esters is 1. The Labute approximate surface area is 165 Å². The Morgan fingerprint density at radius 2 is 1.93 bits per heavy atom. The first-order chi connectivity index (χ1) is 13.2. The molecule has 0 saturated carbocycles. The van der Waals surface area contributed by atoms with Crippen LogP contribution in [0.25, 0.3) is 0 Å². The maximum Gasteiger partial charge on any atom is 0.422 e. The Bertz CT molecular complexity index is 801. The Morgan fingerprint density at radius 3 is 2.54 bits per heavy atom. The van der Waals surface area contributed by atoms with Gasteiger partial charge in [-0.25, -0.2) is 9.97 Å². The number of carbonyl (C=O) groups excluding carboxylic acids is 1. The maximum atomic E-state index is 12.1. The first kappa shape index (κ1) is 21.7. The summed E-state index contributed by atoms with van der Waals surface area (Å²) in [5, 5.41) is 3.32. The minimum atomic E-state index is -4.37. The zero-order valence-corrected chi connectivity index (χ0v) is 16.0. The van der Waals surface area contributed by atoms with Gasteiger partial charge in [0.05, 0.1) is 0 Å². The minimum Gasteiger partial charge on any atom is -0.484 e. The van der Waals surface area contributed by atoms with E-state index in [0.29, 0.717) is 24.5 Å². The lowest BCUT2D eigenvalue weighted by Crippen LogP contribution is -2.19. The molecule has 2 aromatic rings. The molecule has 0 aliphatic carbocycles. The number of ether oxygens (including phenoxy) is 2. The van der Waals surface area contributed by atoms with Gasteiger partial charge in [0.25, 0.3) is 0 Å². The minimum absolute atomic E-state index is 0.150. The summed E-state index contributed by atoms with van der Waals surface area (Å²) in [6, 6.07) is 6.33. The quantitative estimate of drug-likeness (QED) is 0.644. The summed E-state index contributed by atoms with van der Waals surface area (Å²) >= 11 is 6.27. The third-order valence-electron chi connectivity index (χ3n) is 3.58. The molecule has 1 heterocycles. The number of benzene rings is 1. The number of alkyl halides is 3. The molecule has 1 atom stereocenters. The summed E-state index contributed by atoms with van der Waals surface area (Å²) in [7, 11) is 0. The molecule has 6 nitrogen and oxygen atoms in total. The third-order valence-corrected chi connectivity index (χ3v) is 3.95. The molecule has 28 heavy (non-hydrogen) atoms. The molecule has 0 aliphatic heterocycles. The van der Waals surface area contributed by atoms with Gasteiger partial charge in [-0.05, 0) is 31.0 Å². The van der Waals surface area contributed by atoms with Crippen LogP contribution in [0.5, 0.6) is 5.75 Å². The van der Waals surface area contributed by atoms with Crippen LogP contribution in [0.15, 0.2) is 30.6 Å². The van der Waals surface area contributed by atoms with Crippen LogP contribution in [-0.2, 0) is 16.0 Å². The van der Waals surface area contributed by atoms with Crippen LogP contribution in [0.4, 0.5) is 19.0 Å². The van der Waals surface area contributed by atoms with Crippen LogP contribution in [0.3, 0.4) is 0 Å². The number of anilines is 1. The zero-order valence-electron chi connectivity index (χ0n) is 15.2. The number of halogens is 4. The normalized spacial score (nSPS) is 12.4. The molecule has 152 valence electrons. The average Bonchev–Trinajstić information content (AvgIpc) is 2.61. The van der Waals surface area contributed by atoms with Crippen molar-refractivity contribution in [3.63, 3.8) is 0 Å². The molecule has 0 spiro atoms. The highest BCUT2D eigenvalue weighted by molar-refractivity contribution is 6.33. The molecule has 0 radical (unpaired) electrons. The third kappa shape index (κ3) is 6.88. The van der Waals surface area contributed by atoms with Gasteiger partial charge >= 0.3 is 12.1 Å². The fraction of sp³-hybridized carbons (Fsp3) is 0.389. The lowest BCUT2D eigenvalue weighted by Gasteiger charge is -2.15. The van der Waals surface area contributed by atoms with E-state index >= 15 is 0 Å². The van der Waals surface area contributed by atoms with Crippen molar-refractivity contribution in [2.45, 2.75) is 32.5 Å². The molecule has 2 rings (SSSR count). The summed E-state index contributed by atoms with van der Waals surface area (Å²) in [6.45, 7) is 2.10. The maximum absolute atomic E-state index is 12.1. The Hall–Kier alpha value is -2.55. The standard InChI is InChI=1S/C18H19ClF3N3O3/c1-11(28-12(2)26)16-15(19)17(25-10-24-16)23-8-7-13-3-5-14(6-4-13)27-9-18(20,21)22/h3-6,10-11H,7-9H2,1-2H3,(H,23,24,25). The van der Waals surface area contributed by atoms with Gasteiger partial charge in [0.15, 0.2) is 6.61 Å². The zero-order chi connectivity index (χ0) is 20.7. The van der Waals surface area contributed by atoms with E-state index in [2.05, 4.69) is 20.0 Å². The molecule has 0 aliphatic rings. The molecule has 1 unspecified atom stereocenters. The van der Waals surface area contributed by atoms with E-state index in [1.807, 2.05) is 0 Å². The fourth-order valence-corrected chi connectivity index (χ4v) is 2.66. The van der Waals surface area contributed by atoms with Crippen molar-refractivity contribution in [1.82, 2.24) is 9.97 Å². The second-order valence-corrected chi connectivity index (χ2v) is 6.28. The van der Waals surface area contributed by atoms with Crippen molar-refractivity contribution in [3.8, 4) is 5.75 Å². The highest BCUT2D eigenvalue weighted by Crippen LogP contribution is 2.28. The smallest absolute Gasteiger partial charge is 0.422 e. The van der Waals surface area contributed by atoms with Gasteiger partial charge in [-0.15, -0.1) is 0 Å². The number of rotatable bonds is 8. The number of hydrogen-bond acceptors (Lipinski definition) is 6. The highest BCUT2D eigenvalue weighted by Gasteiger charge is 2.28. The lowest BCUT2D eigenvalue weighted by atomic mass is 10.1. The summed E-state index contributed by atoms with van der Waals surface area (Å²) < 4.78 is 46.2. The summed E-state index contributed by atoms with van der Waals surface area (Å²) in [4.78, 5) is 19.2. The SMILES string of the molecule is CC(=O)OC(C)c1ncnc(NCCc2ccc(OCC(F)(F)F)cc2)c1Cl. The van der Waals surface area contributed by atoms with Gasteiger partial charge in [-0.2, -0.15) is 13.2 Å². The number of hydrogen-bond donors (Lipinski definition) is 1. The fourth-order valence-electron chi connectivity index (χ4n) is 2.34. The Balaban J connectivity index is 1.90. The van der Waals surface area contributed by atoms with Crippen LogP contribution in [0, 0.1) is 0 Å². The van der Waals surface area contributed by atoms with Crippen molar-refractivity contribution in [2.75, 3.05) is 18.5 Å². The van der Waals surface area contributed by atoms with E-state index in [1.165, 1.54) is 25.4 Å². The lowest BCUT2D eigenvalue weighted by molar-refractivity contribution is -0.153. The number of carbonyl (C=O) groups is 1. The van der Waals surface area contributed by atoms with Gasteiger partial charge in [0, 0.05) is 13.5 Å².